The fourth-order valence-corrected chi connectivity index (χ4v) is 16.0. The molecule has 145 heavy (non-hydrogen) atoms. The average Bonchev–Trinajstić information content (AvgIpc) is 0.955. The number of alkyl halides is 5. The van der Waals surface area contributed by atoms with Crippen molar-refractivity contribution in [3.8, 4) is 46.0 Å². The molecule has 12 aromatic carbocycles. The van der Waals surface area contributed by atoms with Crippen molar-refractivity contribution in [1.29, 1.82) is 0 Å². The zero-order chi connectivity index (χ0) is 106. The van der Waals surface area contributed by atoms with Crippen LogP contribution in [0.4, 0.5) is 60.9 Å². The van der Waals surface area contributed by atoms with Crippen LogP contribution >= 0.6 is 72.9 Å². The Balaban J connectivity index is 0.000000212. The van der Waals surface area contributed by atoms with Crippen molar-refractivity contribution in [2.24, 2.45) is 0 Å². The largest absolute Gasteiger partial charge is 0.495 e. The molecule has 1 fully saturated rings. The van der Waals surface area contributed by atoms with E-state index in [-0.39, 0.29) is 31.1 Å². The number of rotatable bonds is 35. The van der Waals surface area contributed by atoms with Gasteiger partial charge in [0.2, 0.25) is 0 Å². The Labute approximate surface area is 886 Å². The van der Waals surface area contributed by atoms with Crippen LogP contribution in [-0.2, 0) is 45.8 Å². The first kappa shape index (κ1) is 118. The molecular formula is C118H139F5N6O10S6. The lowest BCUT2D eigenvalue weighted by Crippen LogP contribution is -2.24. The van der Waals surface area contributed by atoms with Gasteiger partial charge in [0.1, 0.15) is 85.6 Å². The van der Waals surface area contributed by atoms with Crippen LogP contribution in [0.3, 0.4) is 0 Å². The second kappa shape index (κ2) is 58.9. The van der Waals surface area contributed by atoms with E-state index >= 15 is 0 Å². The normalized spacial score (nSPS) is 11.2. The van der Waals surface area contributed by atoms with Crippen LogP contribution < -0.4 is 69.5 Å². The Morgan fingerprint density at radius 3 is 1.01 bits per heavy atom. The molecule has 0 saturated heterocycles. The molecule has 16 nitrogen and oxygen atoms in total. The van der Waals surface area contributed by atoms with Crippen LogP contribution in [0.5, 0.6) is 46.0 Å². The van der Waals surface area contributed by atoms with Gasteiger partial charge in [0.25, 0.3) is 6.43 Å². The van der Waals surface area contributed by atoms with Gasteiger partial charge in [-0.05, 0) is 264 Å². The van der Waals surface area contributed by atoms with Crippen LogP contribution in [0.15, 0.2) is 218 Å². The quantitative estimate of drug-likeness (QED) is 0.00957. The van der Waals surface area contributed by atoms with Crippen LogP contribution in [0.2, 0.25) is 0 Å². The maximum atomic E-state index is 13.3. The molecule has 0 heterocycles. The minimum absolute atomic E-state index is 0.0164. The van der Waals surface area contributed by atoms with Crippen molar-refractivity contribution in [1.82, 2.24) is 0 Å². The Morgan fingerprint density at radius 2 is 0.683 bits per heavy atom. The number of anilines is 6. The van der Waals surface area contributed by atoms with E-state index in [1.54, 1.807) is 44.6 Å². The van der Waals surface area contributed by atoms with Crippen molar-refractivity contribution in [3.05, 3.63) is 341 Å². The van der Waals surface area contributed by atoms with Crippen molar-refractivity contribution in [3.63, 3.8) is 0 Å². The summed E-state index contributed by atoms with van der Waals surface area (Å²) in [6.07, 6.45) is 0.603. The molecule has 0 aliphatic heterocycles. The number of para-hydroxylation sites is 5. The number of carbonyl (C=O) groups is 1. The van der Waals surface area contributed by atoms with Gasteiger partial charge in [0.15, 0.2) is 0 Å². The summed E-state index contributed by atoms with van der Waals surface area (Å²) >= 11 is 27.3. The van der Waals surface area contributed by atoms with E-state index in [0.717, 1.165) is 171 Å². The summed E-state index contributed by atoms with van der Waals surface area (Å²) < 4.78 is 113. The molecule has 12 aromatic rings. The highest BCUT2D eigenvalue weighted by molar-refractivity contribution is 8.13. The highest BCUT2D eigenvalue weighted by atomic mass is 32.2. The maximum Gasteiger partial charge on any atom is 0.418 e. The van der Waals surface area contributed by atoms with E-state index in [1.165, 1.54) is 63.9 Å². The third kappa shape index (κ3) is 37.1. The standard InChI is InChI=1S/C21H25NOS.C20H25NO3S.C20H25NO2S.C19H20F3NOS.C19H21F2NOS.C19H23NO2S/c1-4-20(24)22-21-17(6-5-7-18(21)16-9-10-16)13-23-19-11-8-14(2)12-15(19)3;1-13(2)16-7-8-18(21(23)20(22)25-5)17(11-16)12-24-19-9-6-14(3)10-15(19)4;1-5-19(24)21-20-16(8-7-9-18(20)22-6-2)13-23-17-11-10-14(3)12-15(17)4;1-4-17(25)23-18-14(6-5-7-15(18)19(20,21)22)11-24-16-9-8-12(2)10-13(16)3;1-4-17(24)22-18-14(6-5-7-15(18)19(20)21)11-23-16-9-8-12(2)10-13(16)3;1-5-18(23)20-19-15(7-6-8-17(19)21-4)12-22-16-10-9-13(2)11-14(16)3/h5-8,11-12,16H,4,9-10,13H2,1-3H3,(H,22,24);6-11,13,23H,12H2,1-5H3;7-12H,5-6,13H2,1-4H3,(H,21,24);5-10H,4,11H2,1-3H3,(H,23,25);5-10,19H,4,11H2,1-3H3,(H,22,24);6-11H,5,12H2,1-4H3,(H,20,23). The lowest BCUT2D eigenvalue weighted by atomic mass is 10.00. The molecule has 0 bridgehead atoms. The number of thioether (sulfide) groups is 1. The molecule has 1 amide bonds. The molecule has 0 unspecified atom stereocenters. The van der Waals surface area contributed by atoms with Crippen LogP contribution in [0, 0.1) is 83.1 Å². The predicted molar refractivity (Wildman–Crippen MR) is 610 cm³/mol. The zero-order valence-corrected chi connectivity index (χ0v) is 92.2. The summed E-state index contributed by atoms with van der Waals surface area (Å²) in [7, 11) is 1.66. The van der Waals surface area contributed by atoms with E-state index < -0.39 is 23.4 Å². The maximum absolute atomic E-state index is 13.3. The summed E-state index contributed by atoms with van der Waals surface area (Å²) in [4.78, 5) is 15.2. The summed E-state index contributed by atoms with van der Waals surface area (Å²) in [5.41, 5.74) is 24.1. The van der Waals surface area contributed by atoms with Gasteiger partial charge < -0.3 is 64.5 Å². The lowest BCUT2D eigenvalue weighted by Gasteiger charge is -2.20. The van der Waals surface area contributed by atoms with Gasteiger partial charge in [-0.25, -0.2) is 8.78 Å². The number of hydrogen-bond donors (Lipinski definition) is 6. The number of nitrogens with zero attached hydrogens (tertiary/aromatic N) is 1. The van der Waals surface area contributed by atoms with Gasteiger partial charge in [0, 0.05) is 44.6 Å². The monoisotopic (exact) mass is 2090 g/mol. The van der Waals surface area contributed by atoms with Crippen LogP contribution in [0.25, 0.3) is 0 Å². The van der Waals surface area contributed by atoms with Gasteiger partial charge in [-0.1, -0.05) is 306 Å². The first-order chi connectivity index (χ1) is 69.1. The summed E-state index contributed by atoms with van der Waals surface area (Å²) in [6, 6.07) is 69.1. The molecule has 1 aliphatic carbocycles. The topological polar surface area (TPSA) is 175 Å². The van der Waals surface area contributed by atoms with Gasteiger partial charge in [-0.15, -0.1) is 0 Å². The minimum Gasteiger partial charge on any atom is -0.495 e. The summed E-state index contributed by atoms with van der Waals surface area (Å²) in [5.74, 6) is 7.50. The molecule has 772 valence electrons. The number of hydroxylamine groups is 1. The minimum atomic E-state index is -4.47. The fraction of sp³-hybridized carbons (Fsp3) is 0.339. The molecule has 6 N–H and O–H groups in total. The number of aryl methyl sites for hydroxylation is 12. The molecule has 1 saturated carbocycles. The molecule has 0 aromatic heterocycles. The molecule has 0 spiro atoms. The predicted octanol–water partition coefficient (Wildman–Crippen LogP) is 34.1. The fourth-order valence-electron chi connectivity index (χ4n) is 15.2. The number of methoxy groups -OCH3 is 1. The van der Waals surface area contributed by atoms with Gasteiger partial charge >= 0.3 is 11.4 Å². The van der Waals surface area contributed by atoms with Crippen molar-refractivity contribution in [2.75, 3.05) is 51.6 Å². The number of halogens is 5. The van der Waals surface area contributed by atoms with Crippen molar-refractivity contribution < 1.29 is 69.8 Å². The summed E-state index contributed by atoms with van der Waals surface area (Å²) in [5, 5.41) is 26.2. The third-order valence-corrected chi connectivity index (χ3v) is 25.9. The summed E-state index contributed by atoms with van der Waals surface area (Å²) in [6.45, 7) is 42.9. The number of thiocarbonyl (C=S) groups is 5. The molecule has 1 aliphatic rings. The number of hydrogen-bond acceptors (Lipinski definition) is 16. The first-order valence-electron chi connectivity index (χ1n) is 48.7. The van der Waals surface area contributed by atoms with E-state index in [2.05, 4.69) is 156 Å². The Bertz CT molecular complexity index is 6270. The number of carbonyl (C=O) groups excluding carboxylic acids is 1. The SMILES string of the molecule is CCC(=S)Nc1c(COc2ccc(C)cc2C)cccc1C(F)(F)F.CCC(=S)Nc1c(COc2ccc(C)cc2C)cccc1C(F)F.CCC(=S)Nc1c(COc2ccc(C)cc2C)cccc1C1CC1.CCC(=S)Nc1c(COc2ccc(C)cc2C)cccc1OC.CCOc1cccc(COc2ccc(C)cc2C)c1NC(=S)CC.CSC(=O)N(O)c1ccc(C(C)C)cc1COc1ccc(C)cc1C. The first-order valence-corrected chi connectivity index (χ1v) is 51.9. The van der Waals surface area contributed by atoms with E-state index in [4.69, 9.17) is 99.0 Å². The molecule has 13 rings (SSSR count). The van der Waals surface area contributed by atoms with Crippen LogP contribution in [-0.4, -0.2) is 55.4 Å². The second-order valence-corrected chi connectivity index (χ2v) is 38.8. The van der Waals surface area contributed by atoms with E-state index in [9.17, 15) is 32.0 Å². The van der Waals surface area contributed by atoms with Gasteiger partial charge in [-0.2, -0.15) is 18.2 Å². The molecular weight excluding hydrogens is 1950 g/mol. The zero-order valence-electron chi connectivity index (χ0n) is 87.3. The Kier molecular flexibility index (Phi) is 48.0. The molecule has 0 radical (unpaired) electrons. The van der Waals surface area contributed by atoms with E-state index in [1.807, 2.05) is 178 Å². The Morgan fingerprint density at radius 1 is 0.379 bits per heavy atom. The van der Waals surface area contributed by atoms with Gasteiger partial charge in [-0.3, -0.25) is 10.0 Å². The molecule has 27 heteroatoms. The number of nitrogens with one attached hydrogen (secondary N) is 5. The van der Waals surface area contributed by atoms with Gasteiger partial charge in [0.05, 0.1) is 72.7 Å². The van der Waals surface area contributed by atoms with E-state index in [0.29, 0.717) is 94.4 Å². The van der Waals surface area contributed by atoms with Crippen molar-refractivity contribution in [2.45, 2.75) is 247 Å². The third-order valence-electron chi connectivity index (χ3n) is 23.4. The van der Waals surface area contributed by atoms with Crippen LogP contribution in [0.1, 0.15) is 241 Å². The second-order valence-electron chi connectivity index (χ2n) is 35.6. The highest BCUT2D eigenvalue weighted by Gasteiger charge is 2.35. The number of amides is 1. The van der Waals surface area contributed by atoms with Crippen molar-refractivity contribution >= 4 is 137 Å². The molecule has 0 atom stereocenters. The lowest BCUT2D eigenvalue weighted by molar-refractivity contribution is -0.137. The highest BCUT2D eigenvalue weighted by Crippen LogP contribution is 2.46. The average molecular weight is 2090 g/mol. The number of ether oxygens (including phenoxy) is 8. The number of benzene rings is 12. The Hall–Kier alpha value is -12.1. The smallest absolute Gasteiger partial charge is 0.418 e.